The van der Waals surface area contributed by atoms with Crippen molar-refractivity contribution in [1.29, 1.82) is 0 Å². The number of nitrogens with zero attached hydrogens (tertiary/aromatic N) is 1. The van der Waals surface area contributed by atoms with Crippen LogP contribution in [0.4, 0.5) is 5.82 Å². The third-order valence-electron chi connectivity index (χ3n) is 2.88. The minimum atomic E-state index is 0.434. The van der Waals surface area contributed by atoms with Crippen LogP contribution in [0.5, 0.6) is 0 Å². The molecule has 0 saturated carbocycles. The molecule has 0 amide bonds. The molecular weight excluding hydrogens is 292 g/mol. The van der Waals surface area contributed by atoms with Crippen LogP contribution in [-0.2, 0) is 4.18 Å². The van der Waals surface area contributed by atoms with Crippen molar-refractivity contribution in [3.05, 3.63) is 23.9 Å². The summed E-state index contributed by atoms with van der Waals surface area (Å²) in [6.45, 7) is 16.0. The fourth-order valence-corrected chi connectivity index (χ4v) is 2.34. The van der Waals surface area contributed by atoms with Crippen LogP contribution in [0.2, 0.25) is 0 Å². The molecule has 1 heterocycles. The number of anilines is 1. The highest BCUT2D eigenvalue weighted by atomic mass is 32.2. The lowest BCUT2D eigenvalue weighted by Crippen LogP contribution is -2.16. The lowest BCUT2D eigenvalue weighted by molar-refractivity contribution is 0.215. The summed E-state index contributed by atoms with van der Waals surface area (Å²) in [5.41, 5.74) is 6.89. The molecule has 2 N–H and O–H groups in total. The van der Waals surface area contributed by atoms with Gasteiger partial charge in [-0.1, -0.05) is 47.6 Å². The molecule has 3 nitrogen and oxygen atoms in total. The van der Waals surface area contributed by atoms with Gasteiger partial charge in [0.25, 0.3) is 0 Å². The van der Waals surface area contributed by atoms with Crippen LogP contribution in [-0.4, -0.2) is 17.8 Å². The van der Waals surface area contributed by atoms with Crippen LogP contribution in [0.15, 0.2) is 18.3 Å². The first-order chi connectivity index (χ1) is 10.3. The highest BCUT2D eigenvalue weighted by Crippen LogP contribution is 2.29. The Balaban J connectivity index is 0. The number of aryl methyl sites for hydroxylation is 1. The van der Waals surface area contributed by atoms with Crippen molar-refractivity contribution in [2.75, 3.05) is 18.6 Å². The molecule has 0 aliphatic carbocycles. The van der Waals surface area contributed by atoms with Crippen molar-refractivity contribution < 1.29 is 4.18 Å². The molecule has 0 aliphatic rings. The maximum atomic E-state index is 5.32. The van der Waals surface area contributed by atoms with Crippen molar-refractivity contribution in [3.8, 4) is 0 Å². The van der Waals surface area contributed by atoms with E-state index in [0.717, 1.165) is 24.5 Å². The van der Waals surface area contributed by atoms with Gasteiger partial charge < -0.3 is 9.92 Å². The van der Waals surface area contributed by atoms with E-state index in [1.54, 1.807) is 12.3 Å². The molecule has 130 valence electrons. The number of rotatable bonds is 6. The lowest BCUT2D eigenvalue weighted by Gasteiger charge is -2.26. The molecule has 0 fully saturated rings. The standard InChI is InChI=1S/C10H22OS.C6H8N2.C2H6/c1-9(2)8-10(3,4)6-7-11-12-5;1-5-2-3-6(7)8-4-5;1-2/h9H,6-8H2,1-5H3;2-4H,1H3,(H2,7,8);1-2H3. The number of nitrogens with two attached hydrogens (primary N) is 1. The summed E-state index contributed by atoms with van der Waals surface area (Å²) >= 11 is 1.46. The molecule has 1 aromatic heterocycles. The highest BCUT2D eigenvalue weighted by molar-refractivity contribution is 7.93. The monoisotopic (exact) mass is 328 g/mol. The third-order valence-corrected chi connectivity index (χ3v) is 3.28. The largest absolute Gasteiger partial charge is 0.384 e. The highest BCUT2D eigenvalue weighted by Gasteiger charge is 2.18. The van der Waals surface area contributed by atoms with Gasteiger partial charge in [0.2, 0.25) is 0 Å². The van der Waals surface area contributed by atoms with Crippen molar-refractivity contribution in [1.82, 2.24) is 4.98 Å². The summed E-state index contributed by atoms with van der Waals surface area (Å²) in [6.07, 6.45) is 6.15. The SMILES string of the molecule is CC.CSOCCC(C)(C)CC(C)C.Cc1ccc(N)nc1. The molecule has 0 atom stereocenters. The normalized spacial score (nSPS) is 10.4. The number of hydrogen-bond donors (Lipinski definition) is 1. The number of pyridine rings is 1. The van der Waals surface area contributed by atoms with Crippen molar-refractivity contribution in [2.45, 2.75) is 61.3 Å². The van der Waals surface area contributed by atoms with Gasteiger partial charge in [-0.15, -0.1) is 0 Å². The Hall–Kier alpha value is -0.740. The van der Waals surface area contributed by atoms with Gasteiger partial charge in [0.05, 0.1) is 6.61 Å². The second-order valence-corrected chi connectivity index (χ2v) is 6.83. The summed E-state index contributed by atoms with van der Waals surface area (Å²) in [5, 5.41) is 0. The van der Waals surface area contributed by atoms with Crippen LogP contribution < -0.4 is 5.73 Å². The molecule has 0 spiro atoms. The van der Waals surface area contributed by atoms with Gasteiger partial charge in [-0.05, 0) is 54.8 Å². The van der Waals surface area contributed by atoms with Gasteiger partial charge in [-0.3, -0.25) is 0 Å². The van der Waals surface area contributed by atoms with Gasteiger partial charge in [-0.25, -0.2) is 4.98 Å². The van der Waals surface area contributed by atoms with Gasteiger partial charge in [0, 0.05) is 12.5 Å². The molecule has 22 heavy (non-hydrogen) atoms. The van der Waals surface area contributed by atoms with Gasteiger partial charge in [0.1, 0.15) is 5.82 Å². The Morgan fingerprint density at radius 1 is 1.27 bits per heavy atom. The number of nitrogen functional groups attached to an aromatic ring is 1. The Morgan fingerprint density at radius 3 is 2.23 bits per heavy atom. The van der Waals surface area contributed by atoms with E-state index in [1.165, 1.54) is 18.5 Å². The Kier molecular flexibility index (Phi) is 14.9. The molecular formula is C18H36N2OS. The topological polar surface area (TPSA) is 48.1 Å². The molecule has 0 unspecified atom stereocenters. The quantitative estimate of drug-likeness (QED) is 0.534. The van der Waals surface area contributed by atoms with E-state index >= 15 is 0 Å². The zero-order valence-corrected chi connectivity index (χ0v) is 16.6. The first-order valence-corrected chi connectivity index (χ1v) is 9.25. The molecule has 0 aromatic carbocycles. The fraction of sp³-hybridized carbons (Fsp3) is 0.722. The average Bonchev–Trinajstić information content (AvgIpc) is 2.44. The van der Waals surface area contributed by atoms with Crippen molar-refractivity contribution in [2.24, 2.45) is 11.3 Å². The molecule has 4 heteroatoms. The molecule has 1 aromatic rings. The first-order valence-electron chi connectivity index (χ1n) is 8.10. The summed E-state index contributed by atoms with van der Waals surface area (Å²) < 4.78 is 5.27. The van der Waals surface area contributed by atoms with E-state index < -0.39 is 0 Å². The summed E-state index contributed by atoms with van der Waals surface area (Å²) in [7, 11) is 0. The first kappa shape index (κ1) is 23.5. The average molecular weight is 329 g/mol. The van der Waals surface area contributed by atoms with E-state index in [2.05, 4.69) is 32.7 Å². The van der Waals surface area contributed by atoms with Crippen LogP contribution in [0.3, 0.4) is 0 Å². The number of hydrogen-bond acceptors (Lipinski definition) is 4. The van der Waals surface area contributed by atoms with E-state index in [9.17, 15) is 0 Å². The van der Waals surface area contributed by atoms with Crippen LogP contribution in [0.25, 0.3) is 0 Å². The summed E-state index contributed by atoms with van der Waals surface area (Å²) in [6, 6.07) is 3.72. The predicted molar refractivity (Wildman–Crippen MR) is 102 cm³/mol. The smallest absolute Gasteiger partial charge is 0.123 e. The Bertz CT molecular complexity index is 330. The van der Waals surface area contributed by atoms with Gasteiger partial charge >= 0.3 is 0 Å². The maximum Gasteiger partial charge on any atom is 0.123 e. The van der Waals surface area contributed by atoms with Gasteiger partial charge in [-0.2, -0.15) is 0 Å². The minimum absolute atomic E-state index is 0.434. The van der Waals surface area contributed by atoms with Gasteiger partial charge in [0.15, 0.2) is 0 Å². The zero-order chi connectivity index (χ0) is 17.6. The fourth-order valence-electron chi connectivity index (χ4n) is 2.09. The van der Waals surface area contributed by atoms with Crippen LogP contribution in [0, 0.1) is 18.3 Å². The second kappa shape index (κ2) is 13.9. The van der Waals surface area contributed by atoms with E-state index in [0.29, 0.717) is 11.2 Å². The predicted octanol–water partition coefficient (Wildman–Crippen LogP) is 5.74. The molecule has 0 bridgehead atoms. The molecule has 0 saturated heterocycles. The molecule has 0 radical (unpaired) electrons. The summed E-state index contributed by atoms with van der Waals surface area (Å²) in [5.74, 6) is 1.37. The van der Waals surface area contributed by atoms with Crippen molar-refractivity contribution in [3.63, 3.8) is 0 Å². The van der Waals surface area contributed by atoms with Crippen molar-refractivity contribution >= 4 is 17.9 Å². The Morgan fingerprint density at radius 2 is 1.86 bits per heavy atom. The van der Waals surface area contributed by atoms with E-state index in [4.69, 9.17) is 9.92 Å². The van der Waals surface area contributed by atoms with Crippen LogP contribution >= 0.6 is 12.0 Å². The van der Waals surface area contributed by atoms with E-state index in [-0.39, 0.29) is 0 Å². The van der Waals surface area contributed by atoms with Crippen LogP contribution in [0.1, 0.15) is 59.9 Å². The second-order valence-electron chi connectivity index (χ2n) is 6.26. The molecule has 1 rings (SSSR count). The minimum Gasteiger partial charge on any atom is -0.384 e. The number of aromatic nitrogens is 1. The van der Waals surface area contributed by atoms with E-state index in [1.807, 2.05) is 33.1 Å². The Labute approximate surface area is 142 Å². The maximum absolute atomic E-state index is 5.32. The lowest BCUT2D eigenvalue weighted by atomic mass is 9.81. The third kappa shape index (κ3) is 15.6. The summed E-state index contributed by atoms with van der Waals surface area (Å²) in [4.78, 5) is 3.86. The zero-order valence-electron chi connectivity index (χ0n) is 15.8. The molecule has 0 aliphatic heterocycles.